The van der Waals surface area contributed by atoms with E-state index in [-0.39, 0.29) is 33.7 Å². The Morgan fingerprint density at radius 3 is 2.31 bits per heavy atom. The van der Waals surface area contributed by atoms with Crippen LogP contribution in [0, 0.1) is 0 Å². The second-order valence-electron chi connectivity index (χ2n) is 10.6. The fourth-order valence-electron chi connectivity index (χ4n) is 3.43. The fourth-order valence-corrected chi connectivity index (χ4v) is 7.91. The average Bonchev–Trinajstić information content (AvgIpc) is 2.80. The maximum atomic E-state index is 12.0. The quantitative estimate of drug-likeness (QED) is 0.0987. The molecule has 2 aliphatic rings. The predicted molar refractivity (Wildman–Crippen MR) is 149 cm³/mol. The van der Waals surface area contributed by atoms with Crippen molar-refractivity contribution in [1.82, 2.24) is 0 Å². The topological polar surface area (TPSA) is 63.2 Å². The van der Waals surface area contributed by atoms with Crippen molar-refractivity contribution in [2.75, 3.05) is 38.4 Å². The molecule has 1 unspecified atom stereocenters. The van der Waals surface area contributed by atoms with E-state index >= 15 is 0 Å². The Labute approximate surface area is 221 Å². The van der Waals surface area contributed by atoms with Crippen molar-refractivity contribution in [3.05, 3.63) is 36.1 Å². The Bertz CT molecular complexity index is 777. The van der Waals surface area contributed by atoms with E-state index in [1.54, 1.807) is 0 Å². The maximum Gasteiger partial charge on any atom is 0.335 e. The van der Waals surface area contributed by atoms with E-state index in [2.05, 4.69) is 53.1 Å². The molecule has 35 heavy (non-hydrogen) atoms. The Morgan fingerprint density at radius 2 is 1.77 bits per heavy atom. The van der Waals surface area contributed by atoms with E-state index in [0.29, 0.717) is 25.4 Å². The molecular formula is C26H44O6S2Si. The van der Waals surface area contributed by atoms with Crippen LogP contribution in [0.2, 0.25) is 18.1 Å². The number of esters is 1. The van der Waals surface area contributed by atoms with Gasteiger partial charge in [0, 0.05) is 6.42 Å². The minimum absolute atomic E-state index is 0.0658. The molecule has 0 N–H and O–H groups in total. The average molecular weight is 545 g/mol. The van der Waals surface area contributed by atoms with Crippen LogP contribution >= 0.6 is 23.5 Å². The number of methoxy groups -OCH3 is 1. The highest BCUT2D eigenvalue weighted by Gasteiger charge is 2.45. The molecule has 6 nitrogen and oxygen atoms in total. The van der Waals surface area contributed by atoms with Gasteiger partial charge in [-0.2, -0.15) is 0 Å². The Balaban J connectivity index is 2.34. The van der Waals surface area contributed by atoms with Gasteiger partial charge in [0.15, 0.2) is 6.29 Å². The molecule has 0 spiro atoms. The van der Waals surface area contributed by atoms with Crippen LogP contribution in [0.3, 0.4) is 0 Å². The zero-order chi connectivity index (χ0) is 26.3. The highest BCUT2D eigenvalue weighted by atomic mass is 32.2. The first-order valence-corrected chi connectivity index (χ1v) is 17.1. The first kappa shape index (κ1) is 30.5. The van der Waals surface area contributed by atoms with Crippen molar-refractivity contribution in [2.45, 2.75) is 81.6 Å². The van der Waals surface area contributed by atoms with Gasteiger partial charge in [-0.15, -0.1) is 23.5 Å². The first-order valence-electron chi connectivity index (χ1n) is 12.3. The van der Waals surface area contributed by atoms with Crippen LogP contribution < -0.4 is 0 Å². The van der Waals surface area contributed by atoms with Gasteiger partial charge in [-0.3, -0.25) is 0 Å². The molecule has 2 fully saturated rings. The molecule has 0 bridgehead atoms. The van der Waals surface area contributed by atoms with Gasteiger partial charge in [0.25, 0.3) is 0 Å². The number of rotatable bonds is 11. The summed E-state index contributed by atoms with van der Waals surface area (Å²) in [6, 6.07) is 0. The standard InChI is InChI=1S/C26H44O6S2Si/c1-19(21(3)32-35(8,9)25(4,5)6)16-22(31-18-20(2)24(27)28-7)26(33-14-11-15-34-26)17-23-29-12-10-13-30-23/h16,22-23H,2-3,10-15,17-18H2,1,4-9H3/b19-16+. The number of thioether (sulfide) groups is 2. The third-order valence-electron chi connectivity index (χ3n) is 6.70. The lowest BCUT2D eigenvalue weighted by Crippen LogP contribution is -2.45. The molecule has 2 aliphatic heterocycles. The highest BCUT2D eigenvalue weighted by molar-refractivity contribution is 8.18. The first-order chi connectivity index (χ1) is 16.3. The minimum Gasteiger partial charge on any atom is -0.544 e. The molecule has 0 saturated carbocycles. The van der Waals surface area contributed by atoms with E-state index in [0.717, 1.165) is 29.9 Å². The van der Waals surface area contributed by atoms with Gasteiger partial charge in [-0.25, -0.2) is 4.79 Å². The van der Waals surface area contributed by atoms with E-state index in [9.17, 15) is 4.79 Å². The number of carbonyl (C=O) groups excluding carboxylic acids is 1. The molecule has 200 valence electrons. The molecule has 0 aliphatic carbocycles. The maximum absolute atomic E-state index is 12.0. The van der Waals surface area contributed by atoms with E-state index in [1.807, 2.05) is 30.4 Å². The summed E-state index contributed by atoms with van der Waals surface area (Å²) in [6.07, 6.45) is 4.19. The van der Waals surface area contributed by atoms with Gasteiger partial charge < -0.3 is 23.4 Å². The van der Waals surface area contributed by atoms with Crippen molar-refractivity contribution >= 4 is 37.8 Å². The van der Waals surface area contributed by atoms with Crippen molar-refractivity contribution in [2.24, 2.45) is 0 Å². The zero-order valence-corrected chi connectivity index (χ0v) is 25.2. The highest BCUT2D eigenvalue weighted by Crippen LogP contribution is 2.50. The van der Waals surface area contributed by atoms with E-state index in [4.69, 9.17) is 23.4 Å². The monoisotopic (exact) mass is 544 g/mol. The summed E-state index contributed by atoms with van der Waals surface area (Å²) in [6.45, 7) is 22.7. The van der Waals surface area contributed by atoms with Crippen LogP contribution in [0.1, 0.15) is 47.0 Å². The Kier molecular flexibility index (Phi) is 11.5. The lowest BCUT2D eigenvalue weighted by atomic mass is 10.1. The van der Waals surface area contributed by atoms with Gasteiger partial charge in [0.1, 0.15) is 6.10 Å². The number of ether oxygens (including phenoxy) is 4. The molecule has 0 radical (unpaired) electrons. The van der Waals surface area contributed by atoms with E-state index in [1.165, 1.54) is 7.11 Å². The largest absolute Gasteiger partial charge is 0.544 e. The van der Waals surface area contributed by atoms with Crippen LogP contribution in [-0.4, -0.2) is 69.2 Å². The molecule has 2 heterocycles. The normalized spacial score (nSPS) is 20.7. The Hall–Kier alpha value is -0.713. The number of carbonyl (C=O) groups is 1. The van der Waals surface area contributed by atoms with Crippen LogP contribution in [0.4, 0.5) is 0 Å². The lowest BCUT2D eigenvalue weighted by Gasteiger charge is -2.43. The van der Waals surface area contributed by atoms with Crippen molar-refractivity contribution in [3.63, 3.8) is 0 Å². The van der Waals surface area contributed by atoms with Gasteiger partial charge in [0.05, 0.1) is 42.3 Å². The SMILES string of the molecule is C=C(COC(/C=C(\C)C(=C)O[Si](C)(C)C(C)(C)C)C1(CC2OCCCO2)SCCCS1)C(=O)OC. The van der Waals surface area contributed by atoms with Crippen LogP contribution in [0.15, 0.2) is 36.1 Å². The molecule has 0 aromatic heterocycles. The smallest absolute Gasteiger partial charge is 0.335 e. The molecule has 9 heteroatoms. The fraction of sp³-hybridized carbons (Fsp3) is 0.731. The van der Waals surface area contributed by atoms with Crippen LogP contribution in [0.5, 0.6) is 0 Å². The summed E-state index contributed by atoms with van der Waals surface area (Å²) >= 11 is 3.75. The summed E-state index contributed by atoms with van der Waals surface area (Å²) in [4.78, 5) is 12.0. The van der Waals surface area contributed by atoms with Crippen molar-refractivity contribution in [1.29, 1.82) is 0 Å². The lowest BCUT2D eigenvalue weighted by molar-refractivity contribution is -0.184. The summed E-state index contributed by atoms with van der Waals surface area (Å²) < 4.78 is 29.3. The number of hydrogen-bond donors (Lipinski definition) is 0. The molecule has 2 saturated heterocycles. The van der Waals surface area contributed by atoms with Crippen LogP contribution in [0.25, 0.3) is 0 Å². The summed E-state index contributed by atoms with van der Waals surface area (Å²) in [5.41, 5.74) is 1.21. The zero-order valence-electron chi connectivity index (χ0n) is 22.6. The minimum atomic E-state index is -2.04. The third-order valence-corrected chi connectivity index (χ3v) is 14.5. The van der Waals surface area contributed by atoms with Gasteiger partial charge in [-0.05, 0) is 61.1 Å². The van der Waals surface area contributed by atoms with Crippen molar-refractivity contribution in [3.8, 4) is 0 Å². The molecule has 2 rings (SSSR count). The number of hydrogen-bond acceptors (Lipinski definition) is 8. The third kappa shape index (κ3) is 8.67. The molecule has 0 aromatic rings. The molecule has 0 amide bonds. The van der Waals surface area contributed by atoms with Crippen molar-refractivity contribution < 1.29 is 28.2 Å². The number of allylic oxidation sites excluding steroid dienone is 1. The van der Waals surface area contributed by atoms with Gasteiger partial charge >= 0.3 is 5.97 Å². The van der Waals surface area contributed by atoms with Gasteiger partial charge in [0.2, 0.25) is 8.32 Å². The molecule has 0 aromatic carbocycles. The van der Waals surface area contributed by atoms with Gasteiger partial charge in [-0.1, -0.05) is 33.9 Å². The summed E-state index contributed by atoms with van der Waals surface area (Å²) in [5.74, 6) is 2.24. The predicted octanol–water partition coefficient (Wildman–Crippen LogP) is 6.30. The van der Waals surface area contributed by atoms with E-state index < -0.39 is 14.3 Å². The Morgan fingerprint density at radius 1 is 1.17 bits per heavy atom. The summed E-state index contributed by atoms with van der Waals surface area (Å²) in [5, 5.41) is 0.0658. The van der Waals surface area contributed by atoms with Crippen LogP contribution in [-0.2, 0) is 28.2 Å². The second kappa shape index (κ2) is 13.2. The molecule has 1 atom stereocenters. The second-order valence-corrected chi connectivity index (χ2v) is 18.4. The summed E-state index contributed by atoms with van der Waals surface area (Å²) in [7, 11) is -0.688. The molecular weight excluding hydrogens is 501 g/mol.